The molecule has 0 unspecified atom stereocenters. The molecule has 1 fully saturated rings. The van der Waals surface area contributed by atoms with Gasteiger partial charge in [-0.1, -0.05) is 42.5 Å². The maximum atomic E-state index is 13.1. The Labute approximate surface area is 144 Å². The molecular weight excluding hydrogens is 320 g/mol. The van der Waals surface area contributed by atoms with Crippen molar-refractivity contribution in [2.45, 2.75) is 25.0 Å². The van der Waals surface area contributed by atoms with Crippen LogP contribution in [0.3, 0.4) is 0 Å². The van der Waals surface area contributed by atoms with Gasteiger partial charge in [0.25, 0.3) is 5.91 Å². The number of rotatable bonds is 3. The second-order valence-electron chi connectivity index (χ2n) is 6.24. The molecule has 126 valence electrons. The number of hydrogen-bond donors (Lipinski definition) is 1. The number of carboxylic acids is 1. The van der Waals surface area contributed by atoms with E-state index < -0.39 is 11.6 Å². The van der Waals surface area contributed by atoms with Gasteiger partial charge in [-0.15, -0.1) is 0 Å². The van der Waals surface area contributed by atoms with Gasteiger partial charge in [0, 0.05) is 19.4 Å². The highest BCUT2D eigenvalue weighted by molar-refractivity contribution is 6.15. The third-order valence-electron chi connectivity index (χ3n) is 4.90. The predicted molar refractivity (Wildman–Crippen MR) is 89.8 cm³/mol. The molecule has 0 aliphatic carbocycles. The Bertz CT molecular complexity index is 880. The van der Waals surface area contributed by atoms with E-state index in [-0.39, 0.29) is 31.2 Å². The van der Waals surface area contributed by atoms with E-state index in [1.165, 1.54) is 9.80 Å². The van der Waals surface area contributed by atoms with Crippen LogP contribution < -0.4 is 4.90 Å². The lowest BCUT2D eigenvalue weighted by Crippen LogP contribution is -2.67. The number of carbonyl (C=O) groups excluding carboxylic acids is 2. The van der Waals surface area contributed by atoms with E-state index >= 15 is 0 Å². The van der Waals surface area contributed by atoms with E-state index in [9.17, 15) is 19.5 Å². The van der Waals surface area contributed by atoms with Crippen LogP contribution in [0.2, 0.25) is 0 Å². The number of para-hydroxylation sites is 1. The summed E-state index contributed by atoms with van der Waals surface area (Å²) in [7, 11) is 0. The molecule has 2 aromatic carbocycles. The van der Waals surface area contributed by atoms with Crippen LogP contribution in [0.1, 0.15) is 28.8 Å². The molecule has 6 heteroatoms. The summed E-state index contributed by atoms with van der Waals surface area (Å²) in [6.45, 7) is 0.129. The van der Waals surface area contributed by atoms with Gasteiger partial charge in [-0.2, -0.15) is 0 Å². The molecule has 0 aromatic heterocycles. The van der Waals surface area contributed by atoms with Crippen molar-refractivity contribution in [1.29, 1.82) is 0 Å². The van der Waals surface area contributed by atoms with Gasteiger partial charge in [-0.25, -0.2) is 4.79 Å². The number of benzene rings is 2. The first-order valence-electron chi connectivity index (χ1n) is 8.07. The minimum absolute atomic E-state index is 0.0775. The SMILES string of the molecule is O=C1c2ccccc2N2C(=O)CC[C@]2(C(=O)O)N1Cc1ccccc1. The van der Waals surface area contributed by atoms with Gasteiger partial charge in [0.2, 0.25) is 11.6 Å². The van der Waals surface area contributed by atoms with E-state index in [2.05, 4.69) is 0 Å². The quantitative estimate of drug-likeness (QED) is 0.932. The van der Waals surface area contributed by atoms with Crippen LogP contribution in [-0.4, -0.2) is 33.5 Å². The van der Waals surface area contributed by atoms with E-state index in [1.54, 1.807) is 24.3 Å². The normalized spacial score (nSPS) is 21.9. The number of anilines is 1. The largest absolute Gasteiger partial charge is 0.478 e. The second-order valence-corrected chi connectivity index (χ2v) is 6.24. The van der Waals surface area contributed by atoms with Crippen molar-refractivity contribution in [3.05, 3.63) is 65.7 Å². The lowest BCUT2D eigenvalue weighted by atomic mass is 9.96. The fourth-order valence-corrected chi connectivity index (χ4v) is 3.75. The summed E-state index contributed by atoms with van der Waals surface area (Å²) < 4.78 is 0. The smallest absolute Gasteiger partial charge is 0.351 e. The van der Waals surface area contributed by atoms with Crippen LogP contribution in [0.15, 0.2) is 54.6 Å². The predicted octanol–water partition coefficient (Wildman–Crippen LogP) is 2.25. The summed E-state index contributed by atoms with van der Waals surface area (Å²) in [5.74, 6) is -1.83. The lowest BCUT2D eigenvalue weighted by Gasteiger charge is -2.47. The zero-order chi connectivity index (χ0) is 17.6. The van der Waals surface area contributed by atoms with Crippen LogP contribution in [0.25, 0.3) is 0 Å². The van der Waals surface area contributed by atoms with Gasteiger partial charge in [-0.3, -0.25) is 14.5 Å². The number of fused-ring (bicyclic) bond motifs is 3. The zero-order valence-electron chi connectivity index (χ0n) is 13.4. The standard InChI is InChI=1S/C19H16N2O4/c22-16-10-11-19(18(24)25)20(12-13-6-2-1-3-7-13)17(23)14-8-4-5-9-15(14)21(16)19/h1-9H,10-12H2,(H,24,25)/t19-/m0/s1. The van der Waals surface area contributed by atoms with Crippen LogP contribution in [0.4, 0.5) is 5.69 Å². The highest BCUT2D eigenvalue weighted by atomic mass is 16.4. The molecule has 25 heavy (non-hydrogen) atoms. The first-order valence-corrected chi connectivity index (χ1v) is 8.07. The summed E-state index contributed by atoms with van der Waals surface area (Å²) in [4.78, 5) is 40.5. The molecule has 6 nitrogen and oxygen atoms in total. The monoisotopic (exact) mass is 336 g/mol. The Hall–Kier alpha value is -3.15. The Kier molecular flexibility index (Phi) is 3.35. The number of hydrogen-bond acceptors (Lipinski definition) is 3. The molecule has 2 aliphatic rings. The molecule has 1 atom stereocenters. The van der Waals surface area contributed by atoms with Crippen molar-refractivity contribution in [3.8, 4) is 0 Å². The summed E-state index contributed by atoms with van der Waals surface area (Å²) in [6, 6.07) is 15.9. The summed E-state index contributed by atoms with van der Waals surface area (Å²) in [5, 5.41) is 10.0. The second kappa shape index (κ2) is 5.44. The number of aliphatic carboxylic acids is 1. The molecular formula is C19H16N2O4. The molecule has 0 radical (unpaired) electrons. The Morgan fingerprint density at radius 2 is 1.72 bits per heavy atom. The van der Waals surface area contributed by atoms with Crippen LogP contribution in [0, 0.1) is 0 Å². The highest BCUT2D eigenvalue weighted by Gasteiger charge is 2.61. The van der Waals surface area contributed by atoms with Crippen LogP contribution >= 0.6 is 0 Å². The summed E-state index contributed by atoms with van der Waals surface area (Å²) in [5.41, 5.74) is -0.124. The molecule has 2 amide bonds. The molecule has 2 heterocycles. The highest BCUT2D eigenvalue weighted by Crippen LogP contribution is 2.45. The lowest BCUT2D eigenvalue weighted by molar-refractivity contribution is -0.150. The number of amides is 2. The molecule has 2 aliphatic heterocycles. The molecule has 4 rings (SSSR count). The molecule has 1 N–H and O–H groups in total. The van der Waals surface area contributed by atoms with Gasteiger partial charge in [-0.05, 0) is 17.7 Å². The van der Waals surface area contributed by atoms with Crippen molar-refractivity contribution in [2.24, 2.45) is 0 Å². The molecule has 0 spiro atoms. The van der Waals surface area contributed by atoms with Crippen molar-refractivity contribution in [2.75, 3.05) is 4.90 Å². The van der Waals surface area contributed by atoms with E-state index in [0.717, 1.165) is 5.56 Å². The number of carbonyl (C=O) groups is 3. The van der Waals surface area contributed by atoms with Crippen molar-refractivity contribution in [3.63, 3.8) is 0 Å². The van der Waals surface area contributed by atoms with E-state index in [1.807, 2.05) is 30.3 Å². The Morgan fingerprint density at radius 1 is 1.04 bits per heavy atom. The van der Waals surface area contributed by atoms with E-state index in [4.69, 9.17) is 0 Å². The van der Waals surface area contributed by atoms with Gasteiger partial charge < -0.3 is 10.0 Å². The fourth-order valence-electron chi connectivity index (χ4n) is 3.75. The Morgan fingerprint density at radius 3 is 2.44 bits per heavy atom. The summed E-state index contributed by atoms with van der Waals surface area (Å²) in [6.07, 6.45) is 0.174. The van der Waals surface area contributed by atoms with Crippen molar-refractivity contribution < 1.29 is 19.5 Å². The maximum Gasteiger partial charge on any atom is 0.351 e. The zero-order valence-corrected chi connectivity index (χ0v) is 13.4. The molecule has 2 aromatic rings. The summed E-state index contributed by atoms with van der Waals surface area (Å²) >= 11 is 0. The minimum atomic E-state index is -1.67. The first kappa shape index (κ1) is 15.4. The molecule has 1 saturated heterocycles. The third kappa shape index (κ3) is 2.07. The third-order valence-corrected chi connectivity index (χ3v) is 4.90. The maximum absolute atomic E-state index is 13.1. The molecule has 0 bridgehead atoms. The molecule has 0 saturated carbocycles. The van der Waals surface area contributed by atoms with Gasteiger partial charge >= 0.3 is 5.97 Å². The Balaban J connectivity index is 1.91. The van der Waals surface area contributed by atoms with Crippen LogP contribution in [0.5, 0.6) is 0 Å². The topological polar surface area (TPSA) is 77.9 Å². The van der Waals surface area contributed by atoms with Crippen molar-refractivity contribution in [1.82, 2.24) is 4.90 Å². The van der Waals surface area contributed by atoms with E-state index in [0.29, 0.717) is 11.3 Å². The first-order chi connectivity index (χ1) is 12.1. The average Bonchev–Trinajstić information content (AvgIpc) is 2.98. The van der Waals surface area contributed by atoms with Crippen LogP contribution in [-0.2, 0) is 16.1 Å². The number of carboxylic acid groups (broad SMARTS) is 1. The average molecular weight is 336 g/mol. The van der Waals surface area contributed by atoms with Gasteiger partial charge in [0.05, 0.1) is 11.3 Å². The number of nitrogens with zero attached hydrogens (tertiary/aromatic N) is 2. The fraction of sp³-hybridized carbons (Fsp3) is 0.211. The van der Waals surface area contributed by atoms with Crippen molar-refractivity contribution >= 4 is 23.5 Å². The minimum Gasteiger partial charge on any atom is -0.478 e. The van der Waals surface area contributed by atoms with Gasteiger partial charge in [0.1, 0.15) is 0 Å². The van der Waals surface area contributed by atoms with Gasteiger partial charge in [0.15, 0.2) is 0 Å².